The highest BCUT2D eigenvalue weighted by molar-refractivity contribution is 6.31. The van der Waals surface area contributed by atoms with Gasteiger partial charge in [-0.3, -0.25) is 4.79 Å². The first-order valence-corrected chi connectivity index (χ1v) is 7.15. The molecule has 0 saturated carbocycles. The van der Waals surface area contributed by atoms with E-state index in [9.17, 15) is 4.79 Å². The zero-order chi connectivity index (χ0) is 14.7. The number of benzene rings is 1. The van der Waals surface area contributed by atoms with Crippen molar-refractivity contribution < 1.29 is 14.3 Å². The van der Waals surface area contributed by atoms with Crippen molar-refractivity contribution in [2.75, 3.05) is 19.8 Å². The van der Waals surface area contributed by atoms with Crippen LogP contribution in [0, 0.1) is 6.92 Å². The topological polar surface area (TPSA) is 38.8 Å². The van der Waals surface area contributed by atoms with Gasteiger partial charge >= 0.3 is 0 Å². The van der Waals surface area contributed by atoms with Crippen LogP contribution in [0.15, 0.2) is 18.2 Å². The number of rotatable bonds is 3. The molecule has 1 aliphatic heterocycles. The third-order valence-electron chi connectivity index (χ3n) is 3.42. The van der Waals surface area contributed by atoms with Crippen LogP contribution in [0.25, 0.3) is 0 Å². The zero-order valence-corrected chi connectivity index (χ0v) is 12.8. The fourth-order valence-electron chi connectivity index (χ4n) is 2.19. The van der Waals surface area contributed by atoms with Gasteiger partial charge in [-0.2, -0.15) is 0 Å². The predicted octanol–water partition coefficient (Wildman–Crippen LogP) is 2.66. The van der Waals surface area contributed by atoms with Crippen LogP contribution < -0.4 is 4.74 Å². The second-order valence-electron chi connectivity index (χ2n) is 5.24. The number of morpholine rings is 1. The molecule has 1 fully saturated rings. The molecule has 2 atom stereocenters. The number of amides is 1. The number of halogens is 1. The van der Waals surface area contributed by atoms with Crippen LogP contribution in [0.2, 0.25) is 5.02 Å². The lowest BCUT2D eigenvalue weighted by Gasteiger charge is -2.36. The van der Waals surface area contributed by atoms with Crippen LogP contribution in [0.4, 0.5) is 0 Å². The number of carbonyl (C=O) groups is 1. The number of hydrogen-bond donors (Lipinski definition) is 0. The highest BCUT2D eigenvalue weighted by Crippen LogP contribution is 2.21. The second-order valence-corrected chi connectivity index (χ2v) is 5.65. The van der Waals surface area contributed by atoms with E-state index in [0.29, 0.717) is 23.9 Å². The molecule has 1 aromatic carbocycles. The lowest BCUT2D eigenvalue weighted by atomic mass is 10.2. The highest BCUT2D eigenvalue weighted by Gasteiger charge is 2.27. The fraction of sp³-hybridized carbons (Fsp3) is 0.533. The first-order chi connectivity index (χ1) is 9.47. The summed E-state index contributed by atoms with van der Waals surface area (Å²) < 4.78 is 11.1. The Balaban J connectivity index is 1.92. The van der Waals surface area contributed by atoms with E-state index >= 15 is 0 Å². The minimum Gasteiger partial charge on any atom is -0.484 e. The first kappa shape index (κ1) is 15.1. The molecule has 1 saturated heterocycles. The van der Waals surface area contributed by atoms with Crippen molar-refractivity contribution in [3.8, 4) is 5.75 Å². The fourth-order valence-corrected chi connectivity index (χ4v) is 2.30. The Morgan fingerprint density at radius 2 is 2.25 bits per heavy atom. The molecule has 0 radical (unpaired) electrons. The van der Waals surface area contributed by atoms with Gasteiger partial charge in [-0.15, -0.1) is 0 Å². The van der Waals surface area contributed by atoms with Gasteiger partial charge in [-0.25, -0.2) is 0 Å². The van der Waals surface area contributed by atoms with Crippen molar-refractivity contribution >= 4 is 17.5 Å². The Morgan fingerprint density at radius 1 is 1.50 bits per heavy atom. The van der Waals surface area contributed by atoms with Crippen molar-refractivity contribution in [2.45, 2.75) is 32.9 Å². The summed E-state index contributed by atoms with van der Waals surface area (Å²) in [5.74, 6) is 0.648. The molecule has 1 heterocycles. The lowest BCUT2D eigenvalue weighted by Crippen LogP contribution is -2.51. The third-order valence-corrected chi connectivity index (χ3v) is 3.84. The van der Waals surface area contributed by atoms with E-state index in [1.165, 1.54) is 0 Å². The molecule has 0 spiro atoms. The van der Waals surface area contributed by atoms with E-state index in [1.807, 2.05) is 31.7 Å². The van der Waals surface area contributed by atoms with Gasteiger partial charge in [0.2, 0.25) is 0 Å². The molecule has 4 nitrogen and oxygen atoms in total. The van der Waals surface area contributed by atoms with Crippen LogP contribution in [-0.2, 0) is 9.53 Å². The standard InChI is InChI=1S/C15H20ClNO3/c1-10-6-13(4-5-14(10)16)20-9-15(18)17-7-12(3)19-8-11(17)2/h4-6,11-12H,7-9H2,1-3H3. The maximum absolute atomic E-state index is 12.2. The van der Waals surface area contributed by atoms with Gasteiger partial charge in [-0.05, 0) is 44.5 Å². The first-order valence-electron chi connectivity index (χ1n) is 6.77. The zero-order valence-electron chi connectivity index (χ0n) is 12.1. The molecule has 0 N–H and O–H groups in total. The SMILES string of the molecule is Cc1cc(OCC(=O)N2CC(C)OCC2C)ccc1Cl. The van der Waals surface area contributed by atoms with Crippen LogP contribution in [-0.4, -0.2) is 42.7 Å². The molecule has 2 unspecified atom stereocenters. The summed E-state index contributed by atoms with van der Waals surface area (Å²) in [6.45, 7) is 7.09. The quantitative estimate of drug-likeness (QED) is 0.861. The monoisotopic (exact) mass is 297 g/mol. The van der Waals surface area contributed by atoms with Crippen molar-refractivity contribution in [1.29, 1.82) is 0 Å². The highest BCUT2D eigenvalue weighted by atomic mass is 35.5. The second kappa shape index (κ2) is 6.46. The Labute approximate surface area is 124 Å². The molecule has 0 bridgehead atoms. The number of carbonyl (C=O) groups excluding carboxylic acids is 1. The van der Waals surface area contributed by atoms with Crippen LogP contribution in [0.3, 0.4) is 0 Å². The van der Waals surface area contributed by atoms with Gasteiger partial charge in [-0.1, -0.05) is 11.6 Å². The number of ether oxygens (including phenoxy) is 2. The summed E-state index contributed by atoms with van der Waals surface area (Å²) in [7, 11) is 0. The Bertz CT molecular complexity index is 492. The average molecular weight is 298 g/mol. The van der Waals surface area contributed by atoms with Gasteiger partial charge in [0.15, 0.2) is 6.61 Å². The third kappa shape index (κ3) is 3.64. The molecule has 1 aliphatic rings. The van der Waals surface area contributed by atoms with E-state index in [4.69, 9.17) is 21.1 Å². The molecular formula is C15H20ClNO3. The van der Waals surface area contributed by atoms with Crippen LogP contribution in [0.5, 0.6) is 5.75 Å². The van der Waals surface area contributed by atoms with Gasteiger partial charge in [0, 0.05) is 11.6 Å². The Hall–Kier alpha value is -1.26. The molecule has 2 rings (SSSR count). The molecular weight excluding hydrogens is 278 g/mol. The van der Waals surface area contributed by atoms with E-state index in [1.54, 1.807) is 12.1 Å². The van der Waals surface area contributed by atoms with E-state index in [-0.39, 0.29) is 24.7 Å². The van der Waals surface area contributed by atoms with Gasteiger partial charge in [0.25, 0.3) is 5.91 Å². The average Bonchev–Trinajstić information content (AvgIpc) is 2.42. The van der Waals surface area contributed by atoms with Crippen molar-refractivity contribution in [3.63, 3.8) is 0 Å². The van der Waals surface area contributed by atoms with Crippen LogP contribution >= 0.6 is 11.6 Å². The molecule has 0 aliphatic carbocycles. The number of nitrogens with zero attached hydrogens (tertiary/aromatic N) is 1. The van der Waals surface area contributed by atoms with E-state index in [2.05, 4.69) is 0 Å². The Kier molecular flexibility index (Phi) is 4.89. The molecule has 0 aromatic heterocycles. The normalized spacial score (nSPS) is 22.7. The smallest absolute Gasteiger partial charge is 0.260 e. The van der Waals surface area contributed by atoms with E-state index in [0.717, 1.165) is 5.56 Å². The van der Waals surface area contributed by atoms with Crippen molar-refractivity contribution in [2.24, 2.45) is 0 Å². The molecule has 110 valence electrons. The summed E-state index contributed by atoms with van der Waals surface area (Å²) in [4.78, 5) is 14.0. The largest absolute Gasteiger partial charge is 0.484 e. The predicted molar refractivity (Wildman–Crippen MR) is 78.3 cm³/mol. The lowest BCUT2D eigenvalue weighted by molar-refractivity contribution is -0.145. The summed E-state index contributed by atoms with van der Waals surface area (Å²) in [6.07, 6.45) is 0.0768. The summed E-state index contributed by atoms with van der Waals surface area (Å²) in [6, 6.07) is 5.47. The van der Waals surface area contributed by atoms with Gasteiger partial charge in [0.05, 0.1) is 18.8 Å². The van der Waals surface area contributed by atoms with Crippen LogP contribution in [0.1, 0.15) is 19.4 Å². The van der Waals surface area contributed by atoms with Gasteiger partial charge < -0.3 is 14.4 Å². The summed E-state index contributed by atoms with van der Waals surface area (Å²) >= 11 is 5.96. The summed E-state index contributed by atoms with van der Waals surface area (Å²) in [5.41, 5.74) is 0.935. The molecule has 1 amide bonds. The number of aryl methyl sites for hydroxylation is 1. The molecule has 1 aromatic rings. The maximum Gasteiger partial charge on any atom is 0.260 e. The van der Waals surface area contributed by atoms with Crippen molar-refractivity contribution in [3.05, 3.63) is 28.8 Å². The Morgan fingerprint density at radius 3 is 2.95 bits per heavy atom. The van der Waals surface area contributed by atoms with Gasteiger partial charge in [0.1, 0.15) is 5.75 Å². The number of hydrogen-bond acceptors (Lipinski definition) is 3. The minimum absolute atomic E-state index is 0.0137. The molecule has 20 heavy (non-hydrogen) atoms. The van der Waals surface area contributed by atoms with Crippen molar-refractivity contribution in [1.82, 2.24) is 4.90 Å². The van der Waals surface area contributed by atoms with E-state index < -0.39 is 0 Å². The molecule has 5 heteroatoms. The maximum atomic E-state index is 12.2. The minimum atomic E-state index is -0.0137. The summed E-state index contributed by atoms with van der Waals surface area (Å²) in [5, 5.41) is 0.694.